The molecule has 172 valence electrons. The highest BCUT2D eigenvalue weighted by Crippen LogP contribution is 2.25. The lowest BCUT2D eigenvalue weighted by atomic mass is 9.96. The molecule has 0 aliphatic carbocycles. The Morgan fingerprint density at radius 1 is 1.06 bits per heavy atom. The molecule has 7 nitrogen and oxygen atoms in total. The number of alkyl halides is 1. The third-order valence-corrected chi connectivity index (χ3v) is 6.13. The van der Waals surface area contributed by atoms with Crippen molar-refractivity contribution >= 4 is 30.4 Å². The fourth-order valence-corrected chi connectivity index (χ4v) is 4.04. The van der Waals surface area contributed by atoms with Gasteiger partial charge in [0.05, 0.1) is 0 Å². The predicted octanol–water partition coefficient (Wildman–Crippen LogP) is 3.87. The average molecular weight is 467 g/mol. The van der Waals surface area contributed by atoms with Crippen molar-refractivity contribution in [3.8, 4) is 11.4 Å². The summed E-state index contributed by atoms with van der Waals surface area (Å²) in [5.41, 5.74) is 2.31. The third kappa shape index (κ3) is 5.60. The normalized spacial score (nSPS) is 14.2. The molecule has 3 aromatic rings. The number of carbonyl (C=O) groups excluding carboxylic acids is 1. The van der Waals surface area contributed by atoms with Crippen molar-refractivity contribution in [3.05, 3.63) is 59.7 Å². The molecule has 2 heterocycles. The van der Waals surface area contributed by atoms with Crippen molar-refractivity contribution in [2.45, 2.75) is 31.0 Å². The van der Waals surface area contributed by atoms with Crippen molar-refractivity contribution < 1.29 is 9.18 Å². The summed E-state index contributed by atoms with van der Waals surface area (Å²) in [6.07, 6.45) is 1.39. The van der Waals surface area contributed by atoms with Gasteiger partial charge in [0.1, 0.15) is 6.67 Å². The fraction of sp³-hybridized carbons (Fsp3) is 0.333. The highest BCUT2D eigenvalue weighted by atomic mass is 32.1. The van der Waals surface area contributed by atoms with Gasteiger partial charge in [-0.1, -0.05) is 36.4 Å². The number of piperidine rings is 1. The molecule has 1 aromatic heterocycles. The van der Waals surface area contributed by atoms with Crippen molar-refractivity contribution in [2.75, 3.05) is 30.4 Å². The number of thiol groups is 1. The van der Waals surface area contributed by atoms with E-state index in [1.807, 2.05) is 36.4 Å². The molecule has 33 heavy (non-hydrogen) atoms. The molecular formula is C24H27FN6OS. The molecule has 4 rings (SSSR count). The molecule has 0 radical (unpaired) electrons. The second-order valence-corrected chi connectivity index (χ2v) is 8.48. The van der Waals surface area contributed by atoms with Crippen LogP contribution in [0.1, 0.15) is 24.0 Å². The van der Waals surface area contributed by atoms with Crippen LogP contribution in [-0.2, 0) is 18.0 Å². The Kier molecular flexibility index (Phi) is 7.39. The lowest BCUT2D eigenvalue weighted by molar-refractivity contribution is -0.125. The molecule has 1 aliphatic rings. The van der Waals surface area contributed by atoms with Gasteiger partial charge in [0.25, 0.3) is 0 Å². The monoisotopic (exact) mass is 466 g/mol. The number of rotatable bonds is 7. The first-order valence-corrected chi connectivity index (χ1v) is 11.4. The topological polar surface area (TPSA) is 83.0 Å². The molecule has 1 fully saturated rings. The maximum atomic E-state index is 13.1. The molecular weight excluding hydrogens is 439 g/mol. The van der Waals surface area contributed by atoms with Gasteiger partial charge in [0.15, 0.2) is 5.82 Å². The molecule has 1 aliphatic heterocycles. The van der Waals surface area contributed by atoms with E-state index in [-0.39, 0.29) is 11.8 Å². The van der Waals surface area contributed by atoms with E-state index >= 15 is 0 Å². The maximum absolute atomic E-state index is 13.1. The Morgan fingerprint density at radius 2 is 1.76 bits per heavy atom. The first-order chi connectivity index (χ1) is 16.1. The van der Waals surface area contributed by atoms with Gasteiger partial charge in [-0.2, -0.15) is 15.0 Å². The lowest BCUT2D eigenvalue weighted by Crippen LogP contribution is -2.41. The minimum atomic E-state index is -0.536. The van der Waals surface area contributed by atoms with Gasteiger partial charge in [-0.25, -0.2) is 4.39 Å². The second-order valence-electron chi connectivity index (χ2n) is 7.96. The van der Waals surface area contributed by atoms with E-state index in [0.29, 0.717) is 55.8 Å². The number of nitrogens with zero attached hydrogens (tertiary/aromatic N) is 4. The van der Waals surface area contributed by atoms with Crippen molar-refractivity contribution in [3.63, 3.8) is 0 Å². The van der Waals surface area contributed by atoms with Crippen LogP contribution in [0.2, 0.25) is 0 Å². The number of hydrogen-bond acceptors (Lipinski definition) is 7. The third-order valence-electron chi connectivity index (χ3n) is 5.84. The van der Waals surface area contributed by atoms with E-state index in [0.717, 1.165) is 16.0 Å². The van der Waals surface area contributed by atoms with Crippen molar-refractivity contribution in [1.82, 2.24) is 20.3 Å². The van der Waals surface area contributed by atoms with Gasteiger partial charge in [-0.3, -0.25) is 4.79 Å². The smallest absolute Gasteiger partial charge is 0.230 e. The lowest BCUT2D eigenvalue weighted by Gasteiger charge is -2.31. The van der Waals surface area contributed by atoms with Crippen LogP contribution in [0, 0.1) is 5.92 Å². The summed E-state index contributed by atoms with van der Waals surface area (Å²) >= 11 is 4.33. The summed E-state index contributed by atoms with van der Waals surface area (Å²) in [7, 11) is 1.78. The van der Waals surface area contributed by atoms with Crippen LogP contribution in [0.25, 0.3) is 11.4 Å². The summed E-state index contributed by atoms with van der Waals surface area (Å²) in [6, 6.07) is 14.9. The van der Waals surface area contributed by atoms with Crippen LogP contribution in [0.3, 0.4) is 0 Å². The van der Waals surface area contributed by atoms with Crippen LogP contribution < -0.4 is 15.5 Å². The number of anilines is 2. The molecule has 2 aromatic carbocycles. The molecule has 1 amide bonds. The summed E-state index contributed by atoms with van der Waals surface area (Å²) in [5, 5.41) is 5.97. The molecule has 9 heteroatoms. The number of hydrogen-bond donors (Lipinski definition) is 3. The summed E-state index contributed by atoms with van der Waals surface area (Å²) < 4.78 is 13.1. The number of aromatic nitrogens is 3. The van der Waals surface area contributed by atoms with E-state index in [9.17, 15) is 9.18 Å². The van der Waals surface area contributed by atoms with Crippen molar-refractivity contribution in [1.29, 1.82) is 0 Å². The Hall–Kier alpha value is -3.20. The van der Waals surface area contributed by atoms with E-state index < -0.39 is 6.67 Å². The Balaban J connectivity index is 1.39. The number of benzene rings is 2. The van der Waals surface area contributed by atoms with Crippen LogP contribution >= 0.6 is 12.6 Å². The molecule has 0 unspecified atom stereocenters. The standard InChI is InChI=1S/C24H27FN6OS/c1-26-23-28-21(16-6-8-20(33)9-7-16)29-24(30-23)31-12-10-17(11-13-31)22(32)27-15-19-5-3-2-4-18(19)14-25/h2-9,17,33H,10-15H2,1H3,(H,27,32)(H,26,28,29,30). The summed E-state index contributed by atoms with van der Waals surface area (Å²) in [5.74, 6) is 1.59. The van der Waals surface area contributed by atoms with Crippen LogP contribution in [0.4, 0.5) is 16.3 Å². The van der Waals surface area contributed by atoms with E-state index in [4.69, 9.17) is 0 Å². The van der Waals surface area contributed by atoms with Gasteiger partial charge >= 0.3 is 0 Å². The summed E-state index contributed by atoms with van der Waals surface area (Å²) in [6.45, 7) is 1.14. The Morgan fingerprint density at radius 3 is 2.42 bits per heavy atom. The van der Waals surface area contributed by atoms with Gasteiger partial charge in [-0.15, -0.1) is 12.6 Å². The quantitative estimate of drug-likeness (QED) is 0.459. The fourth-order valence-electron chi connectivity index (χ4n) is 3.89. The minimum Gasteiger partial charge on any atom is -0.357 e. The van der Waals surface area contributed by atoms with Gasteiger partial charge < -0.3 is 15.5 Å². The first-order valence-electron chi connectivity index (χ1n) is 11.0. The zero-order valence-corrected chi connectivity index (χ0v) is 19.4. The largest absolute Gasteiger partial charge is 0.357 e. The molecule has 2 N–H and O–H groups in total. The molecule has 1 saturated heterocycles. The van der Waals surface area contributed by atoms with E-state index in [1.54, 1.807) is 19.2 Å². The maximum Gasteiger partial charge on any atom is 0.230 e. The van der Waals surface area contributed by atoms with Gasteiger partial charge in [0, 0.05) is 43.1 Å². The first kappa shape index (κ1) is 23.0. The molecule has 0 saturated carbocycles. The van der Waals surface area contributed by atoms with Gasteiger partial charge in [0.2, 0.25) is 17.8 Å². The highest BCUT2D eigenvalue weighted by molar-refractivity contribution is 7.80. The number of carbonyl (C=O) groups is 1. The number of nitrogens with one attached hydrogen (secondary N) is 2. The number of halogens is 1. The van der Waals surface area contributed by atoms with Crippen molar-refractivity contribution in [2.24, 2.45) is 5.92 Å². The average Bonchev–Trinajstić information content (AvgIpc) is 2.87. The molecule has 0 bridgehead atoms. The summed E-state index contributed by atoms with van der Waals surface area (Å²) in [4.78, 5) is 29.3. The minimum absolute atomic E-state index is 0.00223. The Labute approximate surface area is 198 Å². The zero-order chi connectivity index (χ0) is 23.2. The second kappa shape index (κ2) is 10.6. The molecule has 0 spiro atoms. The van der Waals surface area contributed by atoms with Crippen LogP contribution in [0.15, 0.2) is 53.4 Å². The predicted molar refractivity (Wildman–Crippen MR) is 130 cm³/mol. The van der Waals surface area contributed by atoms with Crippen LogP contribution in [0.5, 0.6) is 0 Å². The van der Waals surface area contributed by atoms with Crippen LogP contribution in [-0.4, -0.2) is 41.0 Å². The zero-order valence-electron chi connectivity index (χ0n) is 18.5. The molecule has 0 atom stereocenters. The van der Waals surface area contributed by atoms with Gasteiger partial charge in [-0.05, 0) is 36.1 Å². The number of amides is 1. The SMILES string of the molecule is CNc1nc(-c2ccc(S)cc2)nc(N2CCC(C(=O)NCc3ccccc3CF)CC2)n1. The van der Waals surface area contributed by atoms with E-state index in [2.05, 4.69) is 43.1 Å². The highest BCUT2D eigenvalue weighted by Gasteiger charge is 2.27. The Bertz CT molecular complexity index is 1100. The van der Waals surface area contributed by atoms with E-state index in [1.165, 1.54) is 0 Å².